The summed E-state index contributed by atoms with van der Waals surface area (Å²) in [6.07, 6.45) is 0.866. The number of Topliss-reactive ketones (excluding diaryl/α,β-unsaturated/α-hetero) is 1. The lowest BCUT2D eigenvalue weighted by Gasteiger charge is -2.05. The van der Waals surface area contributed by atoms with Crippen LogP contribution < -0.4 is 0 Å². The fourth-order valence-corrected chi connectivity index (χ4v) is 3.18. The molecule has 0 aromatic rings. The number of rotatable bonds is 1. The van der Waals surface area contributed by atoms with Crippen LogP contribution in [0.3, 0.4) is 0 Å². The van der Waals surface area contributed by atoms with Crippen LogP contribution in [0.25, 0.3) is 0 Å². The van der Waals surface area contributed by atoms with Crippen LogP contribution >= 0.6 is 0 Å². The molecule has 11 heavy (non-hydrogen) atoms. The van der Waals surface area contributed by atoms with E-state index in [1.165, 1.54) is 0 Å². The molecule has 4 aliphatic carbocycles. The summed E-state index contributed by atoms with van der Waals surface area (Å²) >= 11 is 0. The lowest BCUT2D eigenvalue weighted by atomic mass is 9.98. The van der Waals surface area contributed by atoms with Crippen LogP contribution in [-0.4, -0.2) is 16.9 Å². The van der Waals surface area contributed by atoms with Gasteiger partial charge in [0.1, 0.15) is 5.78 Å². The molecular weight excluding hydrogens is 144 g/mol. The number of hydrogen-bond acceptors (Lipinski definition) is 2. The van der Waals surface area contributed by atoms with Gasteiger partial charge in [0.05, 0.1) is 5.92 Å². The Labute approximate surface area is 63.4 Å². The Balaban J connectivity index is 2.03. The molecule has 0 aliphatic heterocycles. The second-order valence-electron chi connectivity index (χ2n) is 3.88. The van der Waals surface area contributed by atoms with Gasteiger partial charge in [-0.05, 0) is 18.3 Å². The molecule has 4 aliphatic rings. The monoisotopic (exact) mass is 152 g/mol. The first kappa shape index (κ1) is 5.75. The average molecular weight is 152 g/mol. The zero-order valence-electron chi connectivity index (χ0n) is 5.86. The quantitative estimate of drug-likeness (QED) is 0.582. The van der Waals surface area contributed by atoms with Crippen LogP contribution in [0.5, 0.6) is 0 Å². The number of carbonyl (C=O) groups excluding carboxylic acids is 1. The molecule has 4 fully saturated rings. The molecule has 58 valence electrons. The van der Waals surface area contributed by atoms with Crippen molar-refractivity contribution in [3.8, 4) is 0 Å². The summed E-state index contributed by atoms with van der Waals surface area (Å²) in [4.78, 5) is 21.9. The lowest BCUT2D eigenvalue weighted by molar-refractivity contribution is -0.144. The third-order valence-corrected chi connectivity index (χ3v) is 3.58. The van der Waals surface area contributed by atoms with Crippen molar-refractivity contribution in [1.29, 1.82) is 0 Å². The van der Waals surface area contributed by atoms with Crippen LogP contribution in [0.15, 0.2) is 0 Å². The van der Waals surface area contributed by atoms with Crippen molar-refractivity contribution in [2.75, 3.05) is 0 Å². The standard InChI is InChI=1S/C8H8O3/c9-7-3-1-2-4(5(2)7)6(3)8(10)11/h2-6H,1H2,(H,10,11)/t2?,3-,4?,5+,6+/m1/s1. The number of aliphatic carboxylic acids is 1. The average Bonchev–Trinajstić information content (AvgIpc) is 2.33. The Hall–Kier alpha value is -0.860. The highest BCUT2D eigenvalue weighted by Crippen LogP contribution is 2.71. The third-order valence-electron chi connectivity index (χ3n) is 3.58. The summed E-state index contributed by atoms with van der Waals surface area (Å²) in [5.41, 5.74) is 0. The molecule has 2 unspecified atom stereocenters. The number of ketones is 1. The number of hydrogen-bond donors (Lipinski definition) is 1. The van der Waals surface area contributed by atoms with E-state index in [-0.39, 0.29) is 29.5 Å². The molecule has 0 amide bonds. The molecule has 4 rings (SSSR count). The van der Waals surface area contributed by atoms with Gasteiger partial charge >= 0.3 is 5.97 Å². The van der Waals surface area contributed by atoms with E-state index in [4.69, 9.17) is 5.11 Å². The van der Waals surface area contributed by atoms with Gasteiger partial charge in [-0.3, -0.25) is 9.59 Å². The van der Waals surface area contributed by atoms with E-state index in [1.807, 2.05) is 0 Å². The predicted molar refractivity (Wildman–Crippen MR) is 34.7 cm³/mol. The van der Waals surface area contributed by atoms with Crippen molar-refractivity contribution in [2.45, 2.75) is 6.42 Å². The van der Waals surface area contributed by atoms with Gasteiger partial charge in [-0.2, -0.15) is 0 Å². The van der Waals surface area contributed by atoms with Gasteiger partial charge in [-0.15, -0.1) is 0 Å². The minimum absolute atomic E-state index is 0.104. The summed E-state index contributed by atoms with van der Waals surface area (Å²) in [6.45, 7) is 0. The van der Waals surface area contributed by atoms with Crippen molar-refractivity contribution in [1.82, 2.24) is 0 Å². The summed E-state index contributed by atoms with van der Waals surface area (Å²) < 4.78 is 0. The molecular formula is C8H8O3. The van der Waals surface area contributed by atoms with E-state index in [0.717, 1.165) is 6.42 Å². The molecule has 5 atom stereocenters. The Morgan fingerprint density at radius 3 is 2.45 bits per heavy atom. The van der Waals surface area contributed by atoms with Gasteiger partial charge in [0.2, 0.25) is 0 Å². The highest BCUT2D eigenvalue weighted by molar-refractivity contribution is 5.98. The maximum Gasteiger partial charge on any atom is 0.307 e. The predicted octanol–water partition coefficient (Wildman–Crippen LogP) is 0.152. The highest BCUT2D eigenvalue weighted by Gasteiger charge is 2.75. The van der Waals surface area contributed by atoms with E-state index in [9.17, 15) is 9.59 Å². The second kappa shape index (κ2) is 1.36. The first-order valence-corrected chi connectivity index (χ1v) is 3.98. The Kier molecular flexibility index (Phi) is 0.708. The molecule has 0 radical (unpaired) electrons. The van der Waals surface area contributed by atoms with E-state index < -0.39 is 5.97 Å². The molecule has 1 N–H and O–H groups in total. The molecule has 0 aromatic heterocycles. The molecule has 0 aromatic carbocycles. The second-order valence-corrected chi connectivity index (χ2v) is 3.88. The van der Waals surface area contributed by atoms with Crippen molar-refractivity contribution >= 4 is 11.8 Å². The first-order chi connectivity index (χ1) is 5.22. The smallest absolute Gasteiger partial charge is 0.307 e. The van der Waals surface area contributed by atoms with Crippen LogP contribution in [-0.2, 0) is 9.59 Å². The van der Waals surface area contributed by atoms with Crippen molar-refractivity contribution < 1.29 is 14.7 Å². The molecule has 0 saturated heterocycles. The van der Waals surface area contributed by atoms with E-state index in [1.54, 1.807) is 0 Å². The Morgan fingerprint density at radius 2 is 2.27 bits per heavy atom. The molecule has 0 spiro atoms. The molecule has 3 heteroatoms. The Morgan fingerprint density at radius 1 is 1.55 bits per heavy atom. The fourth-order valence-electron chi connectivity index (χ4n) is 3.18. The van der Waals surface area contributed by atoms with Crippen LogP contribution in [0.1, 0.15) is 6.42 Å². The van der Waals surface area contributed by atoms with Gasteiger partial charge in [-0.1, -0.05) is 0 Å². The SMILES string of the molecule is O=C(O)[C@@H]1C2C3C[C@H]1C(=O)[C@@H]32. The van der Waals surface area contributed by atoms with Gasteiger partial charge in [-0.25, -0.2) is 0 Å². The number of carboxylic acids is 1. The first-order valence-electron chi connectivity index (χ1n) is 3.98. The lowest BCUT2D eigenvalue weighted by Crippen LogP contribution is -2.19. The minimum atomic E-state index is -0.754. The minimum Gasteiger partial charge on any atom is -0.481 e. The van der Waals surface area contributed by atoms with Crippen LogP contribution in [0.4, 0.5) is 0 Å². The maximum absolute atomic E-state index is 11.2. The van der Waals surface area contributed by atoms with Gasteiger partial charge in [0.25, 0.3) is 0 Å². The van der Waals surface area contributed by atoms with Gasteiger partial charge < -0.3 is 5.11 Å². The topological polar surface area (TPSA) is 54.4 Å². The van der Waals surface area contributed by atoms with E-state index in [2.05, 4.69) is 0 Å². The van der Waals surface area contributed by atoms with E-state index in [0.29, 0.717) is 5.92 Å². The summed E-state index contributed by atoms with van der Waals surface area (Å²) in [7, 11) is 0. The van der Waals surface area contributed by atoms with Crippen molar-refractivity contribution in [3.63, 3.8) is 0 Å². The number of carboxylic acid groups (broad SMARTS) is 1. The third kappa shape index (κ3) is 0.424. The van der Waals surface area contributed by atoms with Crippen molar-refractivity contribution in [2.24, 2.45) is 29.6 Å². The van der Waals surface area contributed by atoms with Gasteiger partial charge in [0, 0.05) is 11.8 Å². The normalized spacial score (nSPS) is 56.7. The molecule has 0 heterocycles. The van der Waals surface area contributed by atoms with Crippen LogP contribution in [0.2, 0.25) is 0 Å². The van der Waals surface area contributed by atoms with Gasteiger partial charge in [0.15, 0.2) is 0 Å². The number of carbonyl (C=O) groups is 2. The molecule has 3 nitrogen and oxygen atoms in total. The van der Waals surface area contributed by atoms with E-state index >= 15 is 0 Å². The molecule has 4 bridgehead atoms. The summed E-state index contributed by atoms with van der Waals surface area (Å²) in [5.74, 6) is -0.0482. The molecule has 4 saturated carbocycles. The Bertz CT molecular complexity index is 271. The highest BCUT2D eigenvalue weighted by atomic mass is 16.4. The van der Waals surface area contributed by atoms with Crippen LogP contribution in [0, 0.1) is 29.6 Å². The zero-order chi connectivity index (χ0) is 7.75. The van der Waals surface area contributed by atoms with Crippen molar-refractivity contribution in [3.05, 3.63) is 0 Å². The fraction of sp³-hybridized carbons (Fsp3) is 0.750. The largest absolute Gasteiger partial charge is 0.481 e. The summed E-state index contributed by atoms with van der Waals surface area (Å²) in [6, 6.07) is 0. The zero-order valence-corrected chi connectivity index (χ0v) is 5.86. The summed E-state index contributed by atoms with van der Waals surface area (Å²) in [5, 5.41) is 8.77. The maximum atomic E-state index is 11.2.